The van der Waals surface area contributed by atoms with Crippen molar-refractivity contribution in [2.24, 2.45) is 11.8 Å². The molecule has 1 aromatic heterocycles. The third kappa shape index (κ3) is 3.59. The molecular weight excluding hydrogens is 314 g/mol. The Hall–Kier alpha value is -1.30. The molecule has 0 spiro atoms. The normalized spacial score (nSPS) is 23.0. The van der Waals surface area contributed by atoms with Crippen LogP contribution in [0.5, 0.6) is 0 Å². The Kier molecular flexibility index (Phi) is 4.63. The lowest BCUT2D eigenvalue weighted by Crippen LogP contribution is -2.37. The molecule has 2 rings (SSSR count). The number of amides is 1. The SMILES string of the molecule is O=C(NCC1CCCCC1C(=O)O)c1ccc(Br)o1. The maximum Gasteiger partial charge on any atom is 0.306 e. The van der Waals surface area contributed by atoms with Crippen molar-refractivity contribution in [2.75, 3.05) is 6.54 Å². The standard InChI is InChI=1S/C13H16BrNO4/c14-11-6-5-10(19-11)12(16)15-7-8-3-1-2-4-9(8)13(17)18/h5-6,8-9H,1-4,7H2,(H,15,16)(H,17,18). The van der Waals surface area contributed by atoms with Crippen molar-refractivity contribution >= 4 is 27.8 Å². The summed E-state index contributed by atoms with van der Waals surface area (Å²) in [6.45, 7) is 0.383. The van der Waals surface area contributed by atoms with E-state index in [2.05, 4.69) is 21.2 Å². The van der Waals surface area contributed by atoms with Crippen LogP contribution in [0.25, 0.3) is 0 Å². The highest BCUT2D eigenvalue weighted by atomic mass is 79.9. The minimum Gasteiger partial charge on any atom is -0.481 e. The van der Waals surface area contributed by atoms with Gasteiger partial charge in [0.1, 0.15) is 0 Å². The summed E-state index contributed by atoms with van der Waals surface area (Å²) in [6.07, 6.45) is 3.52. The predicted octanol–water partition coefficient (Wildman–Crippen LogP) is 2.66. The van der Waals surface area contributed by atoms with E-state index in [0.717, 1.165) is 19.3 Å². The van der Waals surface area contributed by atoms with Crippen LogP contribution in [0, 0.1) is 11.8 Å². The number of carbonyl (C=O) groups excluding carboxylic acids is 1. The van der Waals surface area contributed by atoms with Crippen LogP contribution in [-0.2, 0) is 4.79 Å². The van der Waals surface area contributed by atoms with Gasteiger partial charge in [-0.25, -0.2) is 0 Å². The number of carbonyl (C=O) groups is 2. The van der Waals surface area contributed by atoms with Crippen LogP contribution in [0.1, 0.15) is 36.2 Å². The van der Waals surface area contributed by atoms with Crippen molar-refractivity contribution in [3.05, 3.63) is 22.6 Å². The molecule has 1 fully saturated rings. The maximum atomic E-state index is 11.8. The Morgan fingerprint density at radius 2 is 2.11 bits per heavy atom. The fourth-order valence-electron chi connectivity index (χ4n) is 2.52. The van der Waals surface area contributed by atoms with E-state index in [1.54, 1.807) is 12.1 Å². The van der Waals surface area contributed by atoms with Crippen LogP contribution in [0.15, 0.2) is 21.2 Å². The molecule has 2 unspecified atom stereocenters. The molecule has 1 aromatic rings. The summed E-state index contributed by atoms with van der Waals surface area (Å²) < 4.78 is 5.65. The highest BCUT2D eigenvalue weighted by Gasteiger charge is 2.31. The molecule has 0 saturated heterocycles. The van der Waals surface area contributed by atoms with Crippen LogP contribution in [0.4, 0.5) is 0 Å². The molecule has 1 aliphatic carbocycles. The highest BCUT2D eigenvalue weighted by molar-refractivity contribution is 9.10. The molecule has 5 nitrogen and oxygen atoms in total. The molecule has 1 aliphatic rings. The van der Waals surface area contributed by atoms with E-state index in [0.29, 0.717) is 17.6 Å². The van der Waals surface area contributed by atoms with E-state index in [4.69, 9.17) is 9.52 Å². The van der Waals surface area contributed by atoms with Gasteiger partial charge in [0, 0.05) is 6.54 Å². The summed E-state index contributed by atoms with van der Waals surface area (Å²) in [5.74, 6) is -1.18. The second-order valence-electron chi connectivity index (χ2n) is 4.80. The number of furan rings is 1. The summed E-state index contributed by atoms with van der Waals surface area (Å²) in [7, 11) is 0. The van der Waals surface area contributed by atoms with Crippen LogP contribution in [-0.4, -0.2) is 23.5 Å². The number of hydrogen-bond donors (Lipinski definition) is 2. The lowest BCUT2D eigenvalue weighted by Gasteiger charge is -2.28. The van der Waals surface area contributed by atoms with Gasteiger partial charge in [-0.05, 0) is 46.8 Å². The average Bonchev–Trinajstić information content (AvgIpc) is 2.83. The van der Waals surface area contributed by atoms with Crippen LogP contribution >= 0.6 is 15.9 Å². The van der Waals surface area contributed by atoms with Crippen LogP contribution < -0.4 is 5.32 Å². The van der Waals surface area contributed by atoms with Gasteiger partial charge >= 0.3 is 5.97 Å². The van der Waals surface area contributed by atoms with Crippen molar-refractivity contribution in [1.29, 1.82) is 0 Å². The molecule has 0 radical (unpaired) electrons. The number of aliphatic carboxylic acids is 1. The molecular formula is C13H16BrNO4. The second-order valence-corrected chi connectivity index (χ2v) is 5.58. The quantitative estimate of drug-likeness (QED) is 0.889. The molecule has 1 saturated carbocycles. The molecule has 0 aromatic carbocycles. The van der Waals surface area contributed by atoms with Gasteiger partial charge in [-0.1, -0.05) is 12.8 Å². The summed E-state index contributed by atoms with van der Waals surface area (Å²) in [5.41, 5.74) is 0. The highest BCUT2D eigenvalue weighted by Crippen LogP contribution is 2.29. The van der Waals surface area contributed by atoms with Crippen molar-refractivity contribution < 1.29 is 19.1 Å². The first-order chi connectivity index (χ1) is 9.08. The summed E-state index contributed by atoms with van der Waals surface area (Å²) >= 11 is 3.13. The van der Waals surface area contributed by atoms with Gasteiger partial charge in [-0.15, -0.1) is 0 Å². The Morgan fingerprint density at radius 3 is 2.74 bits per heavy atom. The zero-order chi connectivity index (χ0) is 13.8. The number of halogens is 1. The first-order valence-corrected chi connectivity index (χ1v) is 7.13. The molecule has 2 atom stereocenters. The Labute approximate surface area is 119 Å². The Balaban J connectivity index is 1.90. The van der Waals surface area contributed by atoms with E-state index in [-0.39, 0.29) is 23.5 Å². The molecule has 6 heteroatoms. The van der Waals surface area contributed by atoms with Gasteiger partial charge in [0.2, 0.25) is 0 Å². The molecule has 104 valence electrons. The van der Waals surface area contributed by atoms with Crippen molar-refractivity contribution in [3.8, 4) is 0 Å². The summed E-state index contributed by atoms with van der Waals surface area (Å²) in [5, 5.41) is 11.9. The Bertz CT molecular complexity index is 471. The van der Waals surface area contributed by atoms with Gasteiger partial charge in [0.05, 0.1) is 5.92 Å². The van der Waals surface area contributed by atoms with Gasteiger partial charge < -0.3 is 14.8 Å². The second kappa shape index (κ2) is 6.23. The van der Waals surface area contributed by atoms with E-state index in [1.165, 1.54) is 0 Å². The van der Waals surface area contributed by atoms with E-state index >= 15 is 0 Å². The third-order valence-electron chi connectivity index (χ3n) is 3.55. The fourth-order valence-corrected chi connectivity index (χ4v) is 2.83. The summed E-state index contributed by atoms with van der Waals surface area (Å²) in [4.78, 5) is 22.9. The number of carboxylic acids is 1. The zero-order valence-electron chi connectivity index (χ0n) is 10.4. The topological polar surface area (TPSA) is 79.5 Å². The maximum absolute atomic E-state index is 11.8. The zero-order valence-corrected chi connectivity index (χ0v) is 12.0. The minimum atomic E-state index is -0.764. The van der Waals surface area contributed by atoms with Crippen LogP contribution in [0.3, 0.4) is 0 Å². The number of rotatable bonds is 4. The predicted molar refractivity (Wildman–Crippen MR) is 71.8 cm³/mol. The van der Waals surface area contributed by atoms with Crippen molar-refractivity contribution in [1.82, 2.24) is 5.32 Å². The molecule has 1 heterocycles. The van der Waals surface area contributed by atoms with E-state index in [9.17, 15) is 9.59 Å². The fraction of sp³-hybridized carbons (Fsp3) is 0.538. The first kappa shape index (κ1) is 14.1. The monoisotopic (exact) mass is 329 g/mol. The average molecular weight is 330 g/mol. The third-order valence-corrected chi connectivity index (χ3v) is 3.97. The van der Waals surface area contributed by atoms with Crippen molar-refractivity contribution in [2.45, 2.75) is 25.7 Å². The number of nitrogens with one attached hydrogen (secondary N) is 1. The van der Waals surface area contributed by atoms with Gasteiger partial charge in [0.25, 0.3) is 5.91 Å². The smallest absolute Gasteiger partial charge is 0.306 e. The lowest BCUT2D eigenvalue weighted by molar-refractivity contribution is -0.144. The molecule has 19 heavy (non-hydrogen) atoms. The van der Waals surface area contributed by atoms with Gasteiger partial charge in [0.15, 0.2) is 10.4 Å². The first-order valence-electron chi connectivity index (χ1n) is 6.34. The van der Waals surface area contributed by atoms with Gasteiger partial charge in [-0.2, -0.15) is 0 Å². The van der Waals surface area contributed by atoms with Crippen molar-refractivity contribution in [3.63, 3.8) is 0 Å². The molecule has 1 amide bonds. The minimum absolute atomic E-state index is 0.00797. The molecule has 2 N–H and O–H groups in total. The van der Waals surface area contributed by atoms with Gasteiger partial charge in [-0.3, -0.25) is 9.59 Å². The lowest BCUT2D eigenvalue weighted by atomic mass is 9.79. The largest absolute Gasteiger partial charge is 0.481 e. The van der Waals surface area contributed by atoms with Crippen LogP contribution in [0.2, 0.25) is 0 Å². The number of carboxylic acid groups (broad SMARTS) is 1. The molecule has 0 bridgehead atoms. The Morgan fingerprint density at radius 1 is 1.37 bits per heavy atom. The summed E-state index contributed by atoms with van der Waals surface area (Å²) in [6, 6.07) is 3.23. The molecule has 0 aliphatic heterocycles. The van der Waals surface area contributed by atoms with E-state index < -0.39 is 5.97 Å². The van der Waals surface area contributed by atoms with E-state index in [1.807, 2.05) is 0 Å². The number of hydrogen-bond acceptors (Lipinski definition) is 3.